The van der Waals surface area contributed by atoms with Crippen molar-refractivity contribution in [1.29, 1.82) is 0 Å². The van der Waals surface area contributed by atoms with Gasteiger partial charge in [-0.2, -0.15) is 0 Å². The third-order valence-corrected chi connectivity index (χ3v) is 4.18. The summed E-state index contributed by atoms with van der Waals surface area (Å²) in [5, 5.41) is 3.69. The highest BCUT2D eigenvalue weighted by Gasteiger charge is 2.20. The molecule has 2 unspecified atom stereocenters. The minimum absolute atomic E-state index is 0.615. The lowest BCUT2D eigenvalue weighted by Gasteiger charge is -2.28. The minimum atomic E-state index is 0.615. The van der Waals surface area contributed by atoms with Gasteiger partial charge in [0.1, 0.15) is 0 Å². The molecule has 0 saturated carbocycles. The summed E-state index contributed by atoms with van der Waals surface area (Å²) in [5.74, 6) is 1.44. The van der Waals surface area contributed by atoms with Gasteiger partial charge in [-0.25, -0.2) is 0 Å². The number of hydrogen-bond acceptors (Lipinski definition) is 1. The Morgan fingerprint density at radius 1 is 1.24 bits per heavy atom. The first-order chi connectivity index (χ1) is 8.18. The van der Waals surface area contributed by atoms with Gasteiger partial charge in [0, 0.05) is 12.6 Å². The lowest BCUT2D eigenvalue weighted by atomic mass is 9.82. The highest BCUT2D eigenvalue weighted by molar-refractivity contribution is 5.32. The second-order valence-electron chi connectivity index (χ2n) is 5.73. The van der Waals surface area contributed by atoms with E-state index in [1.165, 1.54) is 19.3 Å². The van der Waals surface area contributed by atoms with Gasteiger partial charge in [-0.3, -0.25) is 0 Å². The molecule has 0 heterocycles. The van der Waals surface area contributed by atoms with Crippen LogP contribution in [-0.4, -0.2) is 12.6 Å². The summed E-state index contributed by atoms with van der Waals surface area (Å²) < 4.78 is 0. The minimum Gasteiger partial charge on any atom is -0.313 e. The van der Waals surface area contributed by atoms with E-state index in [9.17, 15) is 0 Å². The topological polar surface area (TPSA) is 12.0 Å². The van der Waals surface area contributed by atoms with E-state index in [1.807, 2.05) is 0 Å². The highest BCUT2D eigenvalue weighted by atomic mass is 14.9. The van der Waals surface area contributed by atoms with Gasteiger partial charge < -0.3 is 5.32 Å². The van der Waals surface area contributed by atoms with Crippen LogP contribution < -0.4 is 5.32 Å². The average molecular weight is 231 g/mol. The number of rotatable bonds is 4. The Hall–Kier alpha value is -0.820. The Bertz CT molecular complexity index is 356. The molecule has 2 rings (SSSR count). The summed E-state index contributed by atoms with van der Waals surface area (Å²) in [6, 6.07) is 9.59. The first kappa shape index (κ1) is 12.6. The maximum absolute atomic E-state index is 3.69. The van der Waals surface area contributed by atoms with Crippen LogP contribution in [0.1, 0.15) is 50.7 Å². The monoisotopic (exact) mass is 231 g/mol. The molecule has 1 aliphatic carbocycles. The third-order valence-electron chi connectivity index (χ3n) is 4.18. The van der Waals surface area contributed by atoms with E-state index >= 15 is 0 Å². The quantitative estimate of drug-likeness (QED) is 0.832. The van der Waals surface area contributed by atoms with E-state index in [0.29, 0.717) is 12.0 Å². The molecule has 2 atom stereocenters. The fourth-order valence-electron chi connectivity index (χ4n) is 2.63. The number of aryl methyl sites for hydroxylation is 1. The normalized spacial score (nSPS) is 21.3. The van der Waals surface area contributed by atoms with Crippen LogP contribution in [0.5, 0.6) is 0 Å². The largest absolute Gasteiger partial charge is 0.313 e. The lowest BCUT2D eigenvalue weighted by molar-refractivity contribution is 0.397. The third kappa shape index (κ3) is 3.10. The summed E-state index contributed by atoms with van der Waals surface area (Å²) in [6.45, 7) is 7.99. The Morgan fingerprint density at radius 3 is 2.76 bits per heavy atom. The molecule has 0 fully saturated rings. The van der Waals surface area contributed by atoms with E-state index in [4.69, 9.17) is 0 Å². The number of nitrogens with one attached hydrogen (secondary N) is 1. The molecule has 0 spiro atoms. The van der Waals surface area contributed by atoms with Gasteiger partial charge in [-0.15, -0.1) is 0 Å². The van der Waals surface area contributed by atoms with Crippen LogP contribution in [0.25, 0.3) is 0 Å². The van der Waals surface area contributed by atoms with Crippen molar-refractivity contribution in [3.8, 4) is 0 Å². The molecule has 0 radical (unpaired) electrons. The van der Waals surface area contributed by atoms with Crippen molar-refractivity contribution in [2.45, 2.75) is 52.0 Å². The van der Waals surface area contributed by atoms with E-state index in [0.717, 1.165) is 12.5 Å². The van der Waals surface area contributed by atoms with Crippen LogP contribution >= 0.6 is 0 Å². The van der Waals surface area contributed by atoms with Crippen LogP contribution in [0.4, 0.5) is 0 Å². The Morgan fingerprint density at radius 2 is 2.00 bits per heavy atom. The van der Waals surface area contributed by atoms with Gasteiger partial charge >= 0.3 is 0 Å². The molecule has 1 N–H and O–H groups in total. The van der Waals surface area contributed by atoms with Gasteiger partial charge in [0.05, 0.1) is 0 Å². The molecule has 0 amide bonds. The second-order valence-corrected chi connectivity index (χ2v) is 5.73. The summed E-state index contributed by atoms with van der Waals surface area (Å²) in [5.41, 5.74) is 3.16. The van der Waals surface area contributed by atoms with Gasteiger partial charge in [-0.05, 0) is 49.1 Å². The molecule has 1 nitrogen and oxygen atoms in total. The van der Waals surface area contributed by atoms with Crippen molar-refractivity contribution >= 4 is 0 Å². The summed E-state index contributed by atoms with van der Waals surface area (Å²) >= 11 is 0. The lowest BCUT2D eigenvalue weighted by Crippen LogP contribution is -2.34. The van der Waals surface area contributed by atoms with Crippen molar-refractivity contribution in [2.24, 2.45) is 5.92 Å². The van der Waals surface area contributed by atoms with E-state index in [1.54, 1.807) is 11.1 Å². The SMILES string of the molecule is CC(C)C(C)NCC1CCCc2ccccc21. The predicted octanol–water partition coefficient (Wildman–Crippen LogP) is 3.74. The van der Waals surface area contributed by atoms with Gasteiger partial charge in [0.2, 0.25) is 0 Å². The van der Waals surface area contributed by atoms with Crippen LogP contribution in [0, 0.1) is 5.92 Å². The highest BCUT2D eigenvalue weighted by Crippen LogP contribution is 2.30. The molecule has 94 valence electrons. The molecule has 0 aliphatic heterocycles. The average Bonchev–Trinajstić information content (AvgIpc) is 2.35. The van der Waals surface area contributed by atoms with Crippen molar-refractivity contribution in [3.63, 3.8) is 0 Å². The fourth-order valence-corrected chi connectivity index (χ4v) is 2.63. The summed E-state index contributed by atoms with van der Waals surface area (Å²) in [4.78, 5) is 0. The fraction of sp³-hybridized carbons (Fsp3) is 0.625. The molecular formula is C16H25N. The zero-order valence-electron chi connectivity index (χ0n) is 11.4. The number of hydrogen-bond donors (Lipinski definition) is 1. The Kier molecular flexibility index (Phi) is 4.22. The second kappa shape index (κ2) is 5.68. The van der Waals surface area contributed by atoms with Crippen LogP contribution in [0.3, 0.4) is 0 Å². The van der Waals surface area contributed by atoms with Gasteiger partial charge in [0.15, 0.2) is 0 Å². The molecule has 0 bridgehead atoms. The molecular weight excluding hydrogens is 206 g/mol. The van der Waals surface area contributed by atoms with E-state index in [2.05, 4.69) is 50.4 Å². The van der Waals surface area contributed by atoms with E-state index < -0.39 is 0 Å². The molecule has 1 aromatic rings. The van der Waals surface area contributed by atoms with E-state index in [-0.39, 0.29) is 0 Å². The standard InChI is InChI=1S/C16H25N/c1-12(2)13(3)17-11-15-9-6-8-14-7-4-5-10-16(14)15/h4-5,7,10,12-13,15,17H,6,8-9,11H2,1-3H3. The summed E-state index contributed by atoms with van der Waals surface area (Å²) in [7, 11) is 0. The van der Waals surface area contributed by atoms with Crippen molar-refractivity contribution < 1.29 is 0 Å². The van der Waals surface area contributed by atoms with Crippen molar-refractivity contribution in [1.82, 2.24) is 5.32 Å². The molecule has 1 aromatic carbocycles. The smallest absolute Gasteiger partial charge is 0.00619 e. The van der Waals surface area contributed by atoms with Gasteiger partial charge in [-0.1, -0.05) is 38.1 Å². The zero-order chi connectivity index (χ0) is 12.3. The zero-order valence-corrected chi connectivity index (χ0v) is 11.4. The first-order valence-electron chi connectivity index (χ1n) is 6.99. The predicted molar refractivity (Wildman–Crippen MR) is 74.4 cm³/mol. The maximum Gasteiger partial charge on any atom is 0.00619 e. The molecule has 0 aromatic heterocycles. The Balaban J connectivity index is 1.99. The van der Waals surface area contributed by atoms with Gasteiger partial charge in [0.25, 0.3) is 0 Å². The molecule has 17 heavy (non-hydrogen) atoms. The summed E-state index contributed by atoms with van der Waals surface area (Å²) in [6.07, 6.45) is 3.96. The number of fused-ring (bicyclic) bond motifs is 1. The van der Waals surface area contributed by atoms with Crippen molar-refractivity contribution in [3.05, 3.63) is 35.4 Å². The van der Waals surface area contributed by atoms with Crippen LogP contribution in [0.2, 0.25) is 0 Å². The maximum atomic E-state index is 3.69. The van der Waals surface area contributed by atoms with Crippen LogP contribution in [0.15, 0.2) is 24.3 Å². The van der Waals surface area contributed by atoms with Crippen molar-refractivity contribution in [2.75, 3.05) is 6.54 Å². The molecule has 0 saturated heterocycles. The Labute approximate surface area is 106 Å². The number of benzene rings is 1. The molecule has 1 aliphatic rings. The first-order valence-corrected chi connectivity index (χ1v) is 6.99. The van der Waals surface area contributed by atoms with Crippen LogP contribution in [-0.2, 0) is 6.42 Å². The molecule has 1 heteroatoms.